The summed E-state index contributed by atoms with van der Waals surface area (Å²) in [6.45, 7) is 7.89. The number of carbonyl (C=O) groups excluding carboxylic acids is 1. The average Bonchev–Trinajstić information content (AvgIpc) is 2.36. The van der Waals surface area contributed by atoms with Gasteiger partial charge < -0.3 is 15.4 Å². The number of hydrogen-bond donors (Lipinski definition) is 2. The third kappa shape index (κ3) is 6.29. The second-order valence-corrected chi connectivity index (χ2v) is 6.75. The van der Waals surface area contributed by atoms with Gasteiger partial charge in [-0.15, -0.1) is 0 Å². The lowest BCUT2D eigenvalue weighted by Gasteiger charge is -2.35. The van der Waals surface area contributed by atoms with Crippen LogP contribution in [0.2, 0.25) is 0 Å². The van der Waals surface area contributed by atoms with E-state index in [0.29, 0.717) is 19.2 Å². The zero-order chi connectivity index (χ0) is 14.3. The Morgan fingerprint density at radius 1 is 1.58 bits per heavy atom. The van der Waals surface area contributed by atoms with Crippen molar-refractivity contribution in [3.8, 4) is 0 Å². The molecular formula is C13H25N3O2S. The highest BCUT2D eigenvalue weighted by atomic mass is 32.2. The number of nitrogens with one attached hydrogen (secondary N) is 2. The molecule has 0 aromatic rings. The molecule has 1 atom stereocenters. The van der Waals surface area contributed by atoms with Gasteiger partial charge >= 0.3 is 0 Å². The minimum atomic E-state index is -0.0650. The molecule has 1 aliphatic heterocycles. The first-order valence-electron chi connectivity index (χ1n) is 6.63. The largest absolute Gasteiger partial charge is 0.383 e. The summed E-state index contributed by atoms with van der Waals surface area (Å²) >= 11 is 1.69. The Balaban J connectivity index is 2.38. The summed E-state index contributed by atoms with van der Waals surface area (Å²) in [7, 11) is 1.61. The Labute approximate surface area is 120 Å². The molecule has 19 heavy (non-hydrogen) atoms. The molecular weight excluding hydrogens is 262 g/mol. The number of rotatable bonds is 5. The minimum absolute atomic E-state index is 0.0650. The van der Waals surface area contributed by atoms with E-state index in [-0.39, 0.29) is 17.9 Å². The monoisotopic (exact) mass is 287 g/mol. The van der Waals surface area contributed by atoms with E-state index >= 15 is 0 Å². The fourth-order valence-corrected chi connectivity index (χ4v) is 2.70. The highest BCUT2D eigenvalue weighted by Gasteiger charge is 2.28. The number of ether oxygens (including phenoxy) is 1. The second kappa shape index (κ2) is 7.75. The van der Waals surface area contributed by atoms with Crippen molar-refractivity contribution in [2.24, 2.45) is 10.4 Å². The van der Waals surface area contributed by atoms with Gasteiger partial charge in [0.1, 0.15) is 6.54 Å². The van der Waals surface area contributed by atoms with Crippen molar-refractivity contribution in [1.82, 2.24) is 10.6 Å². The topological polar surface area (TPSA) is 62.7 Å². The van der Waals surface area contributed by atoms with Crippen molar-refractivity contribution < 1.29 is 9.53 Å². The van der Waals surface area contributed by atoms with Crippen molar-refractivity contribution >= 4 is 22.8 Å². The zero-order valence-corrected chi connectivity index (χ0v) is 13.1. The lowest BCUT2D eigenvalue weighted by atomic mass is 9.85. The van der Waals surface area contributed by atoms with Gasteiger partial charge in [0.15, 0.2) is 5.17 Å². The molecule has 0 aromatic heterocycles. The van der Waals surface area contributed by atoms with Gasteiger partial charge in [0.2, 0.25) is 5.91 Å². The Kier molecular flexibility index (Phi) is 6.65. The second-order valence-electron chi connectivity index (χ2n) is 5.66. The zero-order valence-electron chi connectivity index (χ0n) is 12.3. The fraction of sp³-hybridized carbons (Fsp3) is 0.846. The lowest BCUT2D eigenvalue weighted by molar-refractivity contribution is -0.119. The SMILES string of the molecule is COCCNC(=O)CN=C1NC(C(C)(C)C)CCS1. The number of thioether (sulfide) groups is 1. The first kappa shape index (κ1) is 16.3. The molecule has 1 fully saturated rings. The van der Waals surface area contributed by atoms with E-state index in [9.17, 15) is 4.79 Å². The van der Waals surface area contributed by atoms with Crippen molar-refractivity contribution in [1.29, 1.82) is 0 Å². The van der Waals surface area contributed by atoms with E-state index in [0.717, 1.165) is 17.3 Å². The van der Waals surface area contributed by atoms with Gasteiger partial charge in [-0.2, -0.15) is 0 Å². The van der Waals surface area contributed by atoms with Crippen LogP contribution in [-0.4, -0.2) is 49.7 Å². The summed E-state index contributed by atoms with van der Waals surface area (Å²) in [5.41, 5.74) is 0.211. The van der Waals surface area contributed by atoms with Crippen molar-refractivity contribution in [2.75, 3.05) is 32.6 Å². The van der Waals surface area contributed by atoms with Crippen molar-refractivity contribution in [3.05, 3.63) is 0 Å². The number of aliphatic imine (C=N–C) groups is 1. The van der Waals surface area contributed by atoms with Crippen LogP contribution >= 0.6 is 11.8 Å². The van der Waals surface area contributed by atoms with E-state index < -0.39 is 0 Å². The van der Waals surface area contributed by atoms with Crippen molar-refractivity contribution in [3.63, 3.8) is 0 Å². The molecule has 1 rings (SSSR count). The normalized spacial score (nSPS) is 22.1. The molecule has 0 bridgehead atoms. The maximum atomic E-state index is 11.5. The van der Waals surface area contributed by atoms with Gasteiger partial charge in [0.25, 0.3) is 0 Å². The molecule has 0 saturated carbocycles. The van der Waals surface area contributed by atoms with E-state index in [1.165, 1.54) is 0 Å². The lowest BCUT2D eigenvalue weighted by Crippen LogP contribution is -2.46. The summed E-state index contributed by atoms with van der Waals surface area (Å²) in [4.78, 5) is 15.9. The van der Waals surface area contributed by atoms with Crippen LogP contribution in [0.1, 0.15) is 27.2 Å². The Morgan fingerprint density at radius 2 is 2.32 bits per heavy atom. The number of hydrogen-bond acceptors (Lipinski definition) is 4. The first-order valence-corrected chi connectivity index (χ1v) is 7.61. The molecule has 1 heterocycles. The van der Waals surface area contributed by atoms with Gasteiger partial charge in [0.05, 0.1) is 6.61 Å². The average molecular weight is 287 g/mol. The van der Waals surface area contributed by atoms with E-state index in [4.69, 9.17) is 4.74 Å². The van der Waals surface area contributed by atoms with Crippen LogP contribution in [0.4, 0.5) is 0 Å². The minimum Gasteiger partial charge on any atom is -0.383 e. The van der Waals surface area contributed by atoms with Gasteiger partial charge in [-0.05, 0) is 11.8 Å². The van der Waals surface area contributed by atoms with Gasteiger partial charge in [0, 0.05) is 25.4 Å². The molecule has 2 N–H and O–H groups in total. The first-order chi connectivity index (χ1) is 8.93. The fourth-order valence-electron chi connectivity index (χ4n) is 1.77. The van der Waals surface area contributed by atoms with Gasteiger partial charge in [-0.25, -0.2) is 0 Å². The van der Waals surface area contributed by atoms with Crippen LogP contribution in [0.25, 0.3) is 0 Å². The molecule has 110 valence electrons. The molecule has 1 amide bonds. The van der Waals surface area contributed by atoms with Gasteiger partial charge in [-0.3, -0.25) is 9.79 Å². The van der Waals surface area contributed by atoms with Crippen molar-refractivity contribution in [2.45, 2.75) is 33.2 Å². The molecule has 1 unspecified atom stereocenters. The summed E-state index contributed by atoms with van der Waals surface area (Å²) in [5, 5.41) is 7.06. The molecule has 5 nitrogen and oxygen atoms in total. The molecule has 6 heteroatoms. The molecule has 0 aliphatic carbocycles. The number of amidine groups is 1. The summed E-state index contributed by atoms with van der Waals surface area (Å²) < 4.78 is 4.87. The van der Waals surface area contributed by atoms with Gasteiger partial charge in [-0.1, -0.05) is 32.5 Å². The predicted molar refractivity (Wildman–Crippen MR) is 80.6 cm³/mol. The summed E-state index contributed by atoms with van der Waals surface area (Å²) in [6.07, 6.45) is 1.13. The van der Waals surface area contributed by atoms with Crippen LogP contribution < -0.4 is 10.6 Å². The quantitative estimate of drug-likeness (QED) is 0.747. The highest BCUT2D eigenvalue weighted by Crippen LogP contribution is 2.27. The van der Waals surface area contributed by atoms with E-state index in [2.05, 4.69) is 36.4 Å². The van der Waals surface area contributed by atoms with Crippen LogP contribution in [0.3, 0.4) is 0 Å². The third-order valence-corrected chi connectivity index (χ3v) is 3.94. The number of amides is 1. The van der Waals surface area contributed by atoms with Crippen LogP contribution in [-0.2, 0) is 9.53 Å². The third-order valence-electron chi connectivity index (χ3n) is 2.98. The van der Waals surface area contributed by atoms with Crippen LogP contribution in [0, 0.1) is 5.41 Å². The smallest absolute Gasteiger partial charge is 0.241 e. The molecule has 0 spiro atoms. The number of carbonyl (C=O) groups is 1. The molecule has 0 radical (unpaired) electrons. The maximum Gasteiger partial charge on any atom is 0.241 e. The molecule has 1 aliphatic rings. The Hall–Kier alpha value is -0.750. The summed E-state index contributed by atoms with van der Waals surface area (Å²) in [6, 6.07) is 0.420. The maximum absolute atomic E-state index is 11.5. The predicted octanol–water partition coefficient (Wildman–Crippen LogP) is 1.25. The Bertz CT molecular complexity index is 326. The standard InChI is InChI=1S/C13H25N3O2S/c1-13(2,3)10-5-8-19-12(16-10)15-9-11(17)14-6-7-18-4/h10H,5-9H2,1-4H3,(H,14,17)(H,15,16). The number of nitrogens with zero attached hydrogens (tertiary/aromatic N) is 1. The molecule has 1 saturated heterocycles. The van der Waals surface area contributed by atoms with Crippen LogP contribution in [0.5, 0.6) is 0 Å². The Morgan fingerprint density at radius 3 is 2.95 bits per heavy atom. The van der Waals surface area contributed by atoms with Crippen LogP contribution in [0.15, 0.2) is 4.99 Å². The van der Waals surface area contributed by atoms with E-state index in [1.807, 2.05) is 0 Å². The van der Waals surface area contributed by atoms with E-state index in [1.54, 1.807) is 18.9 Å². The molecule has 0 aromatic carbocycles. The highest BCUT2D eigenvalue weighted by molar-refractivity contribution is 8.13. The summed E-state index contributed by atoms with van der Waals surface area (Å²) in [5.74, 6) is 0.990. The number of methoxy groups -OCH3 is 1.